The Morgan fingerprint density at radius 1 is 0.852 bits per heavy atom. The van der Waals surface area contributed by atoms with Crippen LogP contribution in [0.5, 0.6) is 0 Å². The first-order valence-electron chi connectivity index (χ1n) is 11.6. The van der Waals surface area contributed by atoms with Gasteiger partial charge in [-0.1, -0.05) is 0 Å². The quantitative estimate of drug-likeness (QED) is 0.643. The van der Waals surface area contributed by atoms with Gasteiger partial charge in [0.15, 0.2) is 0 Å². The third-order valence-electron chi connectivity index (χ3n) is 7.64. The van der Waals surface area contributed by atoms with E-state index >= 15 is 0 Å². The number of hydrogen-bond donors (Lipinski definition) is 2. The van der Waals surface area contributed by atoms with Gasteiger partial charge in [-0.25, -0.2) is 0 Å². The summed E-state index contributed by atoms with van der Waals surface area (Å²) in [5.41, 5.74) is 0.904. The van der Waals surface area contributed by atoms with Gasteiger partial charge in [-0.15, -0.1) is 0 Å². The van der Waals surface area contributed by atoms with Crippen molar-refractivity contribution in [3.05, 3.63) is 0 Å². The van der Waals surface area contributed by atoms with Gasteiger partial charge in [-0.05, 0) is 86.0 Å². The third kappa shape index (κ3) is 5.26. The number of nitrogens with one attached hydrogen (secondary N) is 2. The number of nitrogens with zero attached hydrogens (tertiary/aromatic N) is 2. The number of hydrogen-bond acceptors (Lipinski definition) is 4. The molecule has 2 N–H and O–H groups in total. The molecule has 0 amide bonds. The minimum atomic E-state index is 0.293. The van der Waals surface area contributed by atoms with Crippen LogP contribution in [0.2, 0.25) is 0 Å². The van der Waals surface area contributed by atoms with Crippen LogP contribution in [0.25, 0.3) is 0 Å². The molecule has 3 fully saturated rings. The van der Waals surface area contributed by atoms with Crippen LogP contribution < -0.4 is 10.6 Å². The van der Waals surface area contributed by atoms with Crippen LogP contribution in [0.1, 0.15) is 80.6 Å². The minimum Gasteiger partial charge on any atom is -0.310 e. The van der Waals surface area contributed by atoms with Crippen molar-refractivity contribution in [2.24, 2.45) is 5.41 Å². The summed E-state index contributed by atoms with van der Waals surface area (Å²) in [6.07, 6.45) is 6.68. The Morgan fingerprint density at radius 2 is 1.48 bits per heavy atom. The molecule has 4 atom stereocenters. The summed E-state index contributed by atoms with van der Waals surface area (Å²) in [7, 11) is 0. The first-order valence-corrected chi connectivity index (χ1v) is 11.6. The lowest BCUT2D eigenvalue weighted by molar-refractivity contribution is 0.235. The van der Waals surface area contributed by atoms with Gasteiger partial charge in [-0.3, -0.25) is 9.80 Å². The zero-order valence-corrected chi connectivity index (χ0v) is 19.1. The maximum Gasteiger partial charge on any atom is 0.0295 e. The highest BCUT2D eigenvalue weighted by atomic mass is 15.2. The molecule has 2 saturated heterocycles. The minimum absolute atomic E-state index is 0.293. The van der Waals surface area contributed by atoms with Crippen molar-refractivity contribution in [1.29, 1.82) is 0 Å². The van der Waals surface area contributed by atoms with Crippen LogP contribution >= 0.6 is 0 Å². The number of likely N-dealkylation sites (tertiary alicyclic amines) is 2. The standard InChI is InChI=1S/C23H46N4/c1-17(2)26-13-12-22(7,15-26)25-20(6)9-8-19(5)24-21-14-27(18(3)4)16-23(21)10-11-23/h17-21,24-25H,8-16H2,1-7H3/t19?,20?,21-,22+/m0/s1. The molecule has 1 aliphatic carbocycles. The monoisotopic (exact) mass is 378 g/mol. The lowest BCUT2D eigenvalue weighted by Crippen LogP contribution is -2.50. The van der Waals surface area contributed by atoms with E-state index in [1.165, 1.54) is 58.3 Å². The second-order valence-corrected chi connectivity index (χ2v) is 11.0. The molecular weight excluding hydrogens is 332 g/mol. The Balaban J connectivity index is 1.40. The maximum absolute atomic E-state index is 4.02. The van der Waals surface area contributed by atoms with Crippen molar-refractivity contribution in [3.8, 4) is 0 Å². The van der Waals surface area contributed by atoms with Crippen LogP contribution in [0.4, 0.5) is 0 Å². The highest BCUT2D eigenvalue weighted by Crippen LogP contribution is 2.53. The molecular formula is C23H46N4. The zero-order valence-electron chi connectivity index (χ0n) is 19.1. The van der Waals surface area contributed by atoms with Crippen molar-refractivity contribution >= 4 is 0 Å². The fraction of sp³-hybridized carbons (Fsp3) is 1.00. The molecule has 0 aromatic carbocycles. The Hall–Kier alpha value is -0.160. The second kappa shape index (κ2) is 8.30. The van der Waals surface area contributed by atoms with Crippen LogP contribution in [0.15, 0.2) is 0 Å². The normalized spacial score (nSPS) is 33.4. The molecule has 2 heterocycles. The maximum atomic E-state index is 4.02. The van der Waals surface area contributed by atoms with E-state index in [0.29, 0.717) is 41.2 Å². The van der Waals surface area contributed by atoms with Crippen LogP contribution in [-0.4, -0.2) is 71.7 Å². The highest BCUT2D eigenvalue weighted by Gasteiger charge is 2.55. The van der Waals surface area contributed by atoms with E-state index in [0.717, 1.165) is 0 Å². The Labute approximate surface area is 168 Å². The van der Waals surface area contributed by atoms with Gasteiger partial charge in [0.05, 0.1) is 0 Å². The fourth-order valence-corrected chi connectivity index (χ4v) is 5.45. The molecule has 4 heteroatoms. The average molecular weight is 379 g/mol. The predicted molar refractivity (Wildman–Crippen MR) is 116 cm³/mol. The summed E-state index contributed by atoms with van der Waals surface area (Å²) in [6, 6.07) is 3.28. The van der Waals surface area contributed by atoms with Crippen molar-refractivity contribution in [2.45, 2.75) is 116 Å². The van der Waals surface area contributed by atoms with E-state index < -0.39 is 0 Å². The molecule has 158 valence electrons. The molecule has 0 aromatic rings. The summed E-state index contributed by atoms with van der Waals surface area (Å²) in [5, 5.41) is 7.98. The molecule has 2 unspecified atom stereocenters. The Kier molecular flexibility index (Phi) is 6.62. The summed E-state index contributed by atoms with van der Waals surface area (Å²) in [6.45, 7) is 21.5. The predicted octanol–water partition coefficient (Wildman–Crippen LogP) is 3.47. The molecule has 0 bridgehead atoms. The van der Waals surface area contributed by atoms with Crippen molar-refractivity contribution in [2.75, 3.05) is 26.2 Å². The van der Waals surface area contributed by atoms with E-state index in [9.17, 15) is 0 Å². The van der Waals surface area contributed by atoms with Crippen LogP contribution in [0, 0.1) is 5.41 Å². The van der Waals surface area contributed by atoms with Crippen LogP contribution in [0.3, 0.4) is 0 Å². The molecule has 4 nitrogen and oxygen atoms in total. The molecule has 1 saturated carbocycles. The summed E-state index contributed by atoms with van der Waals surface area (Å²) >= 11 is 0. The van der Waals surface area contributed by atoms with E-state index in [1.807, 2.05) is 0 Å². The Bertz CT molecular complexity index is 487. The first-order chi connectivity index (χ1) is 12.6. The molecule has 1 spiro atoms. The third-order valence-corrected chi connectivity index (χ3v) is 7.64. The molecule has 27 heavy (non-hydrogen) atoms. The van der Waals surface area contributed by atoms with Crippen molar-refractivity contribution < 1.29 is 0 Å². The van der Waals surface area contributed by atoms with Crippen molar-refractivity contribution in [1.82, 2.24) is 20.4 Å². The van der Waals surface area contributed by atoms with Gasteiger partial charge >= 0.3 is 0 Å². The smallest absolute Gasteiger partial charge is 0.0295 e. The fourth-order valence-electron chi connectivity index (χ4n) is 5.45. The lowest BCUT2D eigenvalue weighted by atomic mass is 9.97. The van der Waals surface area contributed by atoms with E-state index in [2.05, 4.69) is 68.9 Å². The van der Waals surface area contributed by atoms with E-state index in [1.54, 1.807) is 0 Å². The van der Waals surface area contributed by atoms with Crippen LogP contribution in [-0.2, 0) is 0 Å². The van der Waals surface area contributed by atoms with Gasteiger partial charge in [0.2, 0.25) is 0 Å². The van der Waals surface area contributed by atoms with E-state index in [4.69, 9.17) is 0 Å². The Morgan fingerprint density at radius 3 is 2.04 bits per heavy atom. The first kappa shape index (κ1) is 21.5. The molecule has 0 aromatic heterocycles. The topological polar surface area (TPSA) is 30.5 Å². The summed E-state index contributed by atoms with van der Waals surface area (Å²) < 4.78 is 0. The summed E-state index contributed by atoms with van der Waals surface area (Å²) in [4.78, 5) is 5.29. The number of rotatable bonds is 9. The summed E-state index contributed by atoms with van der Waals surface area (Å²) in [5.74, 6) is 0. The van der Waals surface area contributed by atoms with Gasteiger partial charge < -0.3 is 10.6 Å². The highest BCUT2D eigenvalue weighted by molar-refractivity contribution is 5.10. The average Bonchev–Trinajstić information content (AvgIpc) is 3.11. The lowest BCUT2D eigenvalue weighted by Gasteiger charge is -2.32. The largest absolute Gasteiger partial charge is 0.310 e. The molecule has 0 radical (unpaired) electrons. The second-order valence-electron chi connectivity index (χ2n) is 11.0. The van der Waals surface area contributed by atoms with E-state index in [-0.39, 0.29) is 0 Å². The van der Waals surface area contributed by atoms with Gasteiger partial charge in [0, 0.05) is 61.9 Å². The van der Waals surface area contributed by atoms with Gasteiger partial charge in [-0.2, -0.15) is 0 Å². The van der Waals surface area contributed by atoms with Gasteiger partial charge in [0.25, 0.3) is 0 Å². The molecule has 2 aliphatic heterocycles. The molecule has 3 rings (SSSR count). The van der Waals surface area contributed by atoms with Crippen molar-refractivity contribution in [3.63, 3.8) is 0 Å². The van der Waals surface area contributed by atoms with Gasteiger partial charge in [0.1, 0.15) is 0 Å². The zero-order chi connectivity index (χ0) is 19.8. The molecule has 3 aliphatic rings. The SMILES string of the molecule is CC(CCC(C)N[C@]1(C)CCN(C(C)C)C1)N[C@H]1CN(C(C)C)CC12CC2.